The molecule has 1 aliphatic heterocycles. The highest BCUT2D eigenvalue weighted by molar-refractivity contribution is 6.06. The van der Waals surface area contributed by atoms with E-state index in [2.05, 4.69) is 22.2 Å². The van der Waals surface area contributed by atoms with Crippen molar-refractivity contribution in [3.8, 4) is 0 Å². The molecule has 1 saturated heterocycles. The number of likely N-dealkylation sites (tertiary alicyclic amines) is 1. The lowest BCUT2D eigenvalue weighted by Gasteiger charge is -2.16. The van der Waals surface area contributed by atoms with Crippen molar-refractivity contribution in [1.29, 1.82) is 0 Å². The number of halogens is 1. The van der Waals surface area contributed by atoms with Crippen LogP contribution >= 0.6 is 0 Å². The summed E-state index contributed by atoms with van der Waals surface area (Å²) in [7, 11) is 2.11. The number of aromatic nitrogens is 3. The van der Waals surface area contributed by atoms with Crippen LogP contribution in [0.25, 0.3) is 16.4 Å². The van der Waals surface area contributed by atoms with Gasteiger partial charge in [0.25, 0.3) is 5.91 Å². The van der Waals surface area contributed by atoms with Gasteiger partial charge >= 0.3 is 0 Å². The molecular weight excluding hydrogens is 369 g/mol. The van der Waals surface area contributed by atoms with Gasteiger partial charge < -0.3 is 9.72 Å². The number of amides is 1. The van der Waals surface area contributed by atoms with Gasteiger partial charge in [0.1, 0.15) is 11.5 Å². The van der Waals surface area contributed by atoms with E-state index in [0.29, 0.717) is 17.1 Å². The highest BCUT2D eigenvalue weighted by Crippen LogP contribution is 2.30. The summed E-state index contributed by atoms with van der Waals surface area (Å²) in [6.07, 6.45) is 9.27. The quantitative estimate of drug-likeness (QED) is 0.574. The molecule has 1 fully saturated rings. The minimum Gasteiger partial charge on any atom is -0.321 e. The number of carbonyl (C=O) groups is 1. The van der Waals surface area contributed by atoms with Crippen LogP contribution in [0.1, 0.15) is 34.9 Å². The number of rotatable bonds is 3. The van der Waals surface area contributed by atoms with Gasteiger partial charge in [-0.25, -0.2) is 9.37 Å². The molecule has 146 valence electrons. The zero-order valence-corrected chi connectivity index (χ0v) is 16.0. The number of anilines is 1. The first-order valence-corrected chi connectivity index (χ1v) is 9.62. The van der Waals surface area contributed by atoms with E-state index in [1.165, 1.54) is 12.5 Å². The number of carbonyl (C=O) groups excluding carboxylic acids is 1. The Morgan fingerprint density at radius 2 is 2.10 bits per heavy atom. The monoisotopic (exact) mass is 389 g/mol. The molecule has 0 bridgehead atoms. The maximum atomic E-state index is 14.4. The third-order valence-electron chi connectivity index (χ3n) is 5.56. The van der Waals surface area contributed by atoms with Crippen LogP contribution in [0.3, 0.4) is 0 Å². The minimum absolute atomic E-state index is 0.00250. The summed E-state index contributed by atoms with van der Waals surface area (Å²) in [6.45, 7) is 1.08. The van der Waals surface area contributed by atoms with Crippen molar-refractivity contribution in [3.05, 3.63) is 72.2 Å². The van der Waals surface area contributed by atoms with E-state index < -0.39 is 11.7 Å². The fraction of sp³-hybridized carbons (Fsp3) is 0.227. The van der Waals surface area contributed by atoms with Crippen LogP contribution in [0.15, 0.2) is 55.1 Å². The number of benzene rings is 1. The van der Waals surface area contributed by atoms with E-state index in [0.717, 1.165) is 29.7 Å². The molecule has 0 saturated carbocycles. The third kappa shape index (κ3) is 3.23. The Labute approximate surface area is 167 Å². The number of pyridine rings is 2. The van der Waals surface area contributed by atoms with Gasteiger partial charge in [-0.3, -0.25) is 14.7 Å². The zero-order chi connectivity index (χ0) is 20.0. The number of imidazole rings is 1. The van der Waals surface area contributed by atoms with Crippen LogP contribution in [-0.4, -0.2) is 38.8 Å². The Balaban J connectivity index is 1.42. The summed E-state index contributed by atoms with van der Waals surface area (Å²) in [4.78, 5) is 23.7. The highest BCUT2D eigenvalue weighted by atomic mass is 19.1. The molecule has 4 aromatic rings. The van der Waals surface area contributed by atoms with Gasteiger partial charge in [0.15, 0.2) is 0 Å². The van der Waals surface area contributed by atoms with Crippen LogP contribution < -0.4 is 5.32 Å². The molecule has 3 aromatic heterocycles. The molecule has 1 amide bonds. The Morgan fingerprint density at radius 1 is 1.21 bits per heavy atom. The molecule has 1 aliphatic rings. The minimum atomic E-state index is -0.571. The first-order chi connectivity index (χ1) is 14.1. The lowest BCUT2D eigenvalue weighted by Crippen LogP contribution is -2.17. The summed E-state index contributed by atoms with van der Waals surface area (Å²) >= 11 is 0. The molecule has 29 heavy (non-hydrogen) atoms. The second-order valence-corrected chi connectivity index (χ2v) is 7.50. The fourth-order valence-corrected chi connectivity index (χ4v) is 4.01. The number of fused-ring (bicyclic) bond motifs is 2. The summed E-state index contributed by atoms with van der Waals surface area (Å²) < 4.78 is 16.3. The molecule has 5 rings (SSSR count). The van der Waals surface area contributed by atoms with E-state index in [-0.39, 0.29) is 5.56 Å². The number of hydrogen-bond donors (Lipinski definition) is 1. The molecule has 0 unspecified atom stereocenters. The lowest BCUT2D eigenvalue weighted by atomic mass is 10.1. The van der Waals surface area contributed by atoms with Gasteiger partial charge in [0, 0.05) is 30.2 Å². The second kappa shape index (κ2) is 6.93. The van der Waals surface area contributed by atoms with Crippen LogP contribution in [0.4, 0.5) is 10.1 Å². The van der Waals surface area contributed by atoms with Gasteiger partial charge in [0.05, 0.1) is 23.0 Å². The Hall–Kier alpha value is -3.32. The van der Waals surface area contributed by atoms with Crippen molar-refractivity contribution in [2.24, 2.45) is 0 Å². The standard InChI is InChI=1S/C22H20FN5O/c1-27-8-2-3-20(27)19-13-28-12-16(4-5-21(28)26-19)25-22(29)17-9-14-6-7-24-11-15(14)10-18(17)23/h4-7,9-13,20H,2-3,8H2,1H3,(H,25,29)/t20-/m1/s1. The summed E-state index contributed by atoms with van der Waals surface area (Å²) in [5.41, 5.74) is 2.44. The van der Waals surface area contributed by atoms with Crippen LogP contribution in [0.2, 0.25) is 0 Å². The predicted octanol–water partition coefficient (Wildman–Crippen LogP) is 4.04. The Bertz CT molecular complexity index is 1230. The SMILES string of the molecule is CN1CCC[C@@H]1c1cn2cc(NC(=O)c3cc4ccncc4cc3F)ccc2n1. The van der Waals surface area contributed by atoms with Crippen LogP contribution in [0, 0.1) is 5.82 Å². The summed E-state index contributed by atoms with van der Waals surface area (Å²) in [5, 5.41) is 4.21. The van der Waals surface area contributed by atoms with Crippen molar-refractivity contribution in [1.82, 2.24) is 19.3 Å². The Morgan fingerprint density at radius 3 is 2.93 bits per heavy atom. The molecule has 1 aromatic carbocycles. The van der Waals surface area contributed by atoms with Gasteiger partial charge in [-0.05, 0) is 62.2 Å². The number of nitrogens with zero attached hydrogens (tertiary/aromatic N) is 4. The largest absolute Gasteiger partial charge is 0.321 e. The first-order valence-electron chi connectivity index (χ1n) is 9.62. The third-order valence-corrected chi connectivity index (χ3v) is 5.56. The molecular formula is C22H20FN5O. The van der Waals surface area contributed by atoms with Crippen molar-refractivity contribution in [2.75, 3.05) is 18.9 Å². The van der Waals surface area contributed by atoms with Gasteiger partial charge in [-0.2, -0.15) is 0 Å². The predicted molar refractivity (Wildman–Crippen MR) is 109 cm³/mol. The molecule has 0 spiro atoms. The van der Waals surface area contributed by atoms with Crippen molar-refractivity contribution >= 4 is 28.0 Å². The molecule has 6 nitrogen and oxygen atoms in total. The van der Waals surface area contributed by atoms with E-state index in [4.69, 9.17) is 4.98 Å². The van der Waals surface area contributed by atoms with Gasteiger partial charge in [-0.1, -0.05) is 0 Å². The average molecular weight is 389 g/mol. The first kappa shape index (κ1) is 17.8. The van der Waals surface area contributed by atoms with Crippen molar-refractivity contribution < 1.29 is 9.18 Å². The summed E-state index contributed by atoms with van der Waals surface area (Å²) in [5.74, 6) is -1.06. The number of hydrogen-bond acceptors (Lipinski definition) is 4. The van der Waals surface area contributed by atoms with Crippen molar-refractivity contribution in [2.45, 2.75) is 18.9 Å². The number of nitrogens with one attached hydrogen (secondary N) is 1. The molecule has 1 atom stereocenters. The smallest absolute Gasteiger partial charge is 0.258 e. The Kier molecular flexibility index (Phi) is 4.24. The maximum Gasteiger partial charge on any atom is 0.258 e. The maximum absolute atomic E-state index is 14.4. The molecule has 1 N–H and O–H groups in total. The molecule has 0 radical (unpaired) electrons. The van der Waals surface area contributed by atoms with Crippen molar-refractivity contribution in [3.63, 3.8) is 0 Å². The van der Waals surface area contributed by atoms with Crippen LogP contribution in [0.5, 0.6) is 0 Å². The van der Waals surface area contributed by atoms with E-state index >= 15 is 0 Å². The lowest BCUT2D eigenvalue weighted by molar-refractivity contribution is 0.102. The average Bonchev–Trinajstić information content (AvgIpc) is 3.32. The normalized spacial score (nSPS) is 17.2. The molecule has 7 heteroatoms. The van der Waals surface area contributed by atoms with Gasteiger partial charge in [0.2, 0.25) is 0 Å². The highest BCUT2D eigenvalue weighted by Gasteiger charge is 2.25. The molecule has 4 heterocycles. The van der Waals surface area contributed by atoms with E-state index in [9.17, 15) is 9.18 Å². The van der Waals surface area contributed by atoms with Crippen LogP contribution in [-0.2, 0) is 0 Å². The fourth-order valence-electron chi connectivity index (χ4n) is 4.01. The van der Waals surface area contributed by atoms with Gasteiger partial charge in [-0.15, -0.1) is 0 Å². The molecule has 0 aliphatic carbocycles. The van der Waals surface area contributed by atoms with E-state index in [1.807, 2.05) is 22.9 Å². The topological polar surface area (TPSA) is 62.5 Å². The zero-order valence-electron chi connectivity index (χ0n) is 16.0. The second-order valence-electron chi connectivity index (χ2n) is 7.50. The van der Waals surface area contributed by atoms with E-state index in [1.54, 1.807) is 30.6 Å². The summed E-state index contributed by atoms with van der Waals surface area (Å²) in [6, 6.07) is 8.60.